The molecule has 0 saturated heterocycles. The zero-order chi connectivity index (χ0) is 22.6. The van der Waals surface area contributed by atoms with Gasteiger partial charge in [-0.2, -0.15) is 0 Å². The van der Waals surface area contributed by atoms with Crippen molar-refractivity contribution in [3.63, 3.8) is 0 Å². The van der Waals surface area contributed by atoms with E-state index in [4.69, 9.17) is 9.47 Å². The molecule has 0 saturated carbocycles. The van der Waals surface area contributed by atoms with Gasteiger partial charge in [0.25, 0.3) is 0 Å². The molecule has 31 heavy (non-hydrogen) atoms. The van der Waals surface area contributed by atoms with Crippen LogP contribution >= 0.6 is 0 Å². The summed E-state index contributed by atoms with van der Waals surface area (Å²) in [5.41, 5.74) is 4.61. The van der Waals surface area contributed by atoms with Crippen molar-refractivity contribution in [2.45, 2.75) is 47.1 Å². The topological polar surface area (TPSA) is 40.5 Å². The molecular formula is C27H33NO3. The summed E-state index contributed by atoms with van der Waals surface area (Å²) in [6.07, 6.45) is 2.22. The average molecular weight is 420 g/mol. The van der Waals surface area contributed by atoms with Crippen LogP contribution < -0.4 is 4.74 Å². The highest BCUT2D eigenvalue weighted by Crippen LogP contribution is 2.34. The predicted octanol–water partition coefficient (Wildman–Crippen LogP) is 6.59. The third-order valence-electron chi connectivity index (χ3n) is 5.39. The summed E-state index contributed by atoms with van der Waals surface area (Å²) in [4.78, 5) is 11.4. The second kappa shape index (κ2) is 9.42. The standard InChI is InChI=1S/C27H33NO3/c1-7-20-9-11-21(12-10-20)24-15-22-13-14-23(16-25(22)28(24)19(3)4)30-17-27(5,6)18-31-26(29)8-2/h8-16,19H,2,7,17-18H2,1,3-6H3. The molecule has 1 aromatic heterocycles. The summed E-state index contributed by atoms with van der Waals surface area (Å²) in [6, 6.07) is 17.6. The Bertz CT molecular complexity index is 1060. The lowest BCUT2D eigenvalue weighted by Crippen LogP contribution is -2.28. The first-order chi connectivity index (χ1) is 14.7. The van der Waals surface area contributed by atoms with Gasteiger partial charge in [0.1, 0.15) is 5.75 Å². The predicted molar refractivity (Wildman–Crippen MR) is 128 cm³/mol. The Morgan fingerprint density at radius 3 is 2.42 bits per heavy atom. The Labute approximate surface area is 185 Å². The van der Waals surface area contributed by atoms with Crippen LogP contribution in [-0.2, 0) is 16.0 Å². The zero-order valence-electron chi connectivity index (χ0n) is 19.3. The highest BCUT2D eigenvalue weighted by molar-refractivity contribution is 5.88. The molecule has 0 fully saturated rings. The average Bonchev–Trinajstić information content (AvgIpc) is 3.15. The molecule has 0 bridgehead atoms. The van der Waals surface area contributed by atoms with Crippen molar-refractivity contribution in [3.8, 4) is 17.0 Å². The molecule has 1 heterocycles. The van der Waals surface area contributed by atoms with E-state index in [1.54, 1.807) is 0 Å². The fraction of sp³-hybridized carbons (Fsp3) is 0.370. The minimum atomic E-state index is -0.413. The van der Waals surface area contributed by atoms with Crippen LogP contribution in [0.5, 0.6) is 5.75 Å². The van der Waals surface area contributed by atoms with Crippen molar-refractivity contribution in [3.05, 3.63) is 66.7 Å². The van der Waals surface area contributed by atoms with Gasteiger partial charge in [-0.1, -0.05) is 51.6 Å². The number of benzene rings is 2. The number of hydrogen-bond donors (Lipinski definition) is 0. The number of carbonyl (C=O) groups excluding carboxylic acids is 1. The number of aromatic nitrogens is 1. The highest BCUT2D eigenvalue weighted by Gasteiger charge is 2.22. The van der Waals surface area contributed by atoms with Gasteiger partial charge >= 0.3 is 5.97 Å². The summed E-state index contributed by atoms with van der Waals surface area (Å²) < 4.78 is 13.6. The van der Waals surface area contributed by atoms with Crippen molar-refractivity contribution in [2.75, 3.05) is 13.2 Å². The largest absolute Gasteiger partial charge is 0.493 e. The molecule has 0 amide bonds. The Morgan fingerprint density at radius 2 is 1.81 bits per heavy atom. The quantitative estimate of drug-likeness (QED) is 0.290. The molecule has 0 aliphatic carbocycles. The van der Waals surface area contributed by atoms with Crippen LogP contribution in [0.15, 0.2) is 61.2 Å². The van der Waals surface area contributed by atoms with Gasteiger partial charge in [-0.25, -0.2) is 4.79 Å². The fourth-order valence-electron chi connectivity index (χ4n) is 3.63. The number of nitrogens with zero attached hydrogens (tertiary/aromatic N) is 1. The lowest BCUT2D eigenvalue weighted by Gasteiger charge is -2.24. The van der Waals surface area contributed by atoms with E-state index in [1.807, 2.05) is 19.9 Å². The van der Waals surface area contributed by atoms with Gasteiger partial charge in [-0.3, -0.25) is 0 Å². The minimum absolute atomic E-state index is 0.278. The summed E-state index contributed by atoms with van der Waals surface area (Å²) in [7, 11) is 0. The molecule has 4 nitrogen and oxygen atoms in total. The van der Waals surface area contributed by atoms with Crippen LogP contribution in [0.2, 0.25) is 0 Å². The van der Waals surface area contributed by atoms with E-state index < -0.39 is 5.97 Å². The molecule has 0 N–H and O–H groups in total. The number of aryl methyl sites for hydroxylation is 1. The maximum Gasteiger partial charge on any atom is 0.330 e. The molecule has 0 aliphatic heterocycles. The number of esters is 1. The van der Waals surface area contributed by atoms with Gasteiger partial charge in [0.2, 0.25) is 0 Å². The molecule has 0 spiro atoms. The van der Waals surface area contributed by atoms with E-state index in [-0.39, 0.29) is 12.0 Å². The lowest BCUT2D eigenvalue weighted by atomic mass is 9.96. The van der Waals surface area contributed by atoms with E-state index in [9.17, 15) is 4.79 Å². The summed E-state index contributed by atoms with van der Waals surface area (Å²) in [5, 5.41) is 1.19. The van der Waals surface area contributed by atoms with E-state index in [0.29, 0.717) is 12.6 Å². The third-order valence-corrected chi connectivity index (χ3v) is 5.39. The lowest BCUT2D eigenvalue weighted by molar-refractivity contribution is -0.141. The normalized spacial score (nSPS) is 11.7. The van der Waals surface area contributed by atoms with Gasteiger partial charge in [-0.15, -0.1) is 0 Å². The molecule has 0 radical (unpaired) electrons. The van der Waals surface area contributed by atoms with E-state index in [0.717, 1.165) is 17.7 Å². The van der Waals surface area contributed by atoms with Crippen molar-refractivity contribution in [2.24, 2.45) is 5.41 Å². The monoisotopic (exact) mass is 419 g/mol. The molecule has 4 heteroatoms. The van der Waals surface area contributed by atoms with Gasteiger partial charge in [0.15, 0.2) is 0 Å². The molecule has 3 aromatic rings. The van der Waals surface area contributed by atoms with Crippen LogP contribution in [0.1, 0.15) is 46.2 Å². The van der Waals surface area contributed by atoms with Crippen molar-refractivity contribution < 1.29 is 14.3 Å². The number of hydrogen-bond acceptors (Lipinski definition) is 3. The minimum Gasteiger partial charge on any atom is -0.493 e. The summed E-state index contributed by atoms with van der Waals surface area (Å²) in [5.74, 6) is 0.396. The van der Waals surface area contributed by atoms with E-state index in [2.05, 4.69) is 74.4 Å². The SMILES string of the molecule is C=CC(=O)OCC(C)(C)COc1ccc2cc(-c3ccc(CC)cc3)n(C(C)C)c2c1. The maximum absolute atomic E-state index is 11.4. The molecule has 0 unspecified atom stereocenters. The summed E-state index contributed by atoms with van der Waals surface area (Å²) >= 11 is 0. The van der Waals surface area contributed by atoms with Gasteiger partial charge in [0, 0.05) is 34.7 Å². The van der Waals surface area contributed by atoms with Crippen molar-refractivity contribution in [1.29, 1.82) is 0 Å². The molecule has 164 valence electrons. The van der Waals surface area contributed by atoms with Gasteiger partial charge in [0.05, 0.1) is 18.7 Å². The van der Waals surface area contributed by atoms with Gasteiger partial charge in [-0.05, 0) is 49.6 Å². The third kappa shape index (κ3) is 5.38. The smallest absolute Gasteiger partial charge is 0.330 e. The second-order valence-electron chi connectivity index (χ2n) is 9.03. The fourth-order valence-corrected chi connectivity index (χ4v) is 3.63. The first-order valence-corrected chi connectivity index (χ1v) is 10.9. The Morgan fingerprint density at radius 1 is 1.10 bits per heavy atom. The highest BCUT2D eigenvalue weighted by atomic mass is 16.5. The molecule has 0 atom stereocenters. The maximum atomic E-state index is 11.4. The number of fused-ring (bicyclic) bond motifs is 1. The summed E-state index contributed by atoms with van der Waals surface area (Å²) in [6.45, 7) is 14.7. The van der Waals surface area contributed by atoms with Crippen LogP contribution in [-0.4, -0.2) is 23.8 Å². The van der Waals surface area contributed by atoms with Gasteiger partial charge < -0.3 is 14.0 Å². The van der Waals surface area contributed by atoms with Crippen LogP contribution in [0.4, 0.5) is 0 Å². The van der Waals surface area contributed by atoms with Crippen LogP contribution in [0, 0.1) is 5.41 Å². The number of ether oxygens (including phenoxy) is 2. The van der Waals surface area contributed by atoms with Crippen LogP contribution in [0.25, 0.3) is 22.2 Å². The van der Waals surface area contributed by atoms with E-state index in [1.165, 1.54) is 28.3 Å². The molecule has 0 aliphatic rings. The Balaban J connectivity index is 1.86. The van der Waals surface area contributed by atoms with Crippen molar-refractivity contribution >= 4 is 16.9 Å². The number of rotatable bonds is 9. The molecular weight excluding hydrogens is 386 g/mol. The van der Waals surface area contributed by atoms with E-state index >= 15 is 0 Å². The zero-order valence-corrected chi connectivity index (χ0v) is 19.3. The molecule has 3 rings (SSSR count). The first-order valence-electron chi connectivity index (χ1n) is 10.9. The Kier molecular flexibility index (Phi) is 6.89. The molecule has 2 aromatic carbocycles. The van der Waals surface area contributed by atoms with Crippen molar-refractivity contribution in [1.82, 2.24) is 4.57 Å². The Hall–Kier alpha value is -3.01. The second-order valence-corrected chi connectivity index (χ2v) is 9.03. The number of carbonyl (C=O) groups is 1. The first kappa shape index (κ1) is 22.7. The van der Waals surface area contributed by atoms with Crippen LogP contribution in [0.3, 0.4) is 0 Å².